The number of halogens is 1. The number of nitrogens with zero attached hydrogens (tertiary/aromatic N) is 1. The number of aromatic carboxylic acids is 1. The molecule has 1 aliphatic heterocycles. The summed E-state index contributed by atoms with van der Waals surface area (Å²) in [6.45, 7) is 1.36. The average Bonchev–Trinajstić information content (AvgIpc) is 2.87. The monoisotopic (exact) mass is 368 g/mol. The molecule has 3 N–H and O–H groups in total. The minimum atomic E-state index is -1.27. The number of amides is 1. The van der Waals surface area contributed by atoms with Gasteiger partial charge in [0, 0.05) is 6.54 Å². The lowest BCUT2D eigenvalue weighted by Gasteiger charge is -2.17. The molecule has 0 atom stereocenters. The van der Waals surface area contributed by atoms with Gasteiger partial charge < -0.3 is 25.2 Å². The van der Waals surface area contributed by atoms with Gasteiger partial charge in [0.1, 0.15) is 11.3 Å². The predicted molar refractivity (Wildman–Crippen MR) is 89.5 cm³/mol. The SMILES string of the molecule is COC(=O)C1=C(Nc2c(C)ccc(Cl)c2C(=O)O)C(=O)N(CCO)C1. The molecule has 9 heteroatoms. The number of aliphatic hydroxyl groups is 1. The number of carboxylic acids is 1. The van der Waals surface area contributed by atoms with Crippen LogP contribution in [0.4, 0.5) is 5.69 Å². The molecule has 1 heterocycles. The van der Waals surface area contributed by atoms with E-state index in [-0.39, 0.29) is 47.2 Å². The van der Waals surface area contributed by atoms with E-state index in [0.29, 0.717) is 5.56 Å². The second-order valence-corrected chi connectivity index (χ2v) is 5.75. The Morgan fingerprint density at radius 3 is 2.64 bits per heavy atom. The van der Waals surface area contributed by atoms with Crippen LogP contribution in [0.5, 0.6) is 0 Å². The molecule has 1 amide bonds. The van der Waals surface area contributed by atoms with Gasteiger partial charge in [-0.05, 0) is 18.6 Å². The Bertz CT molecular complexity index is 774. The summed E-state index contributed by atoms with van der Waals surface area (Å²) in [5, 5.41) is 21.2. The van der Waals surface area contributed by atoms with E-state index >= 15 is 0 Å². The standard InChI is InChI=1S/C16H17ClN2O6/c1-8-3-4-10(17)11(15(22)23)12(8)18-13-9(16(24)25-2)7-19(5-6-20)14(13)21/h3-4,18,20H,5-7H2,1-2H3,(H,22,23). The Morgan fingerprint density at radius 2 is 2.08 bits per heavy atom. The second kappa shape index (κ2) is 7.54. The normalized spacial score (nSPS) is 14.1. The first-order chi connectivity index (χ1) is 11.8. The summed E-state index contributed by atoms with van der Waals surface area (Å²) in [4.78, 5) is 37.3. The van der Waals surface area contributed by atoms with Crippen molar-refractivity contribution in [2.45, 2.75) is 6.92 Å². The first kappa shape index (κ1) is 18.8. The molecule has 25 heavy (non-hydrogen) atoms. The van der Waals surface area contributed by atoms with E-state index in [1.807, 2.05) is 0 Å². The van der Waals surface area contributed by atoms with Crippen LogP contribution in [0.15, 0.2) is 23.4 Å². The van der Waals surface area contributed by atoms with Gasteiger partial charge in [-0.2, -0.15) is 0 Å². The number of nitrogens with one attached hydrogen (secondary N) is 1. The Hall–Kier alpha value is -2.58. The zero-order chi connectivity index (χ0) is 18.7. The van der Waals surface area contributed by atoms with Crippen molar-refractivity contribution in [3.8, 4) is 0 Å². The molecule has 0 fully saturated rings. The molecular formula is C16H17ClN2O6. The summed E-state index contributed by atoms with van der Waals surface area (Å²) in [5.74, 6) is -2.52. The van der Waals surface area contributed by atoms with Crippen LogP contribution in [0.3, 0.4) is 0 Å². The van der Waals surface area contributed by atoms with Crippen LogP contribution in [0, 0.1) is 6.92 Å². The smallest absolute Gasteiger partial charge is 0.339 e. The highest BCUT2D eigenvalue weighted by Crippen LogP contribution is 2.31. The molecule has 0 aliphatic carbocycles. The molecule has 0 aromatic heterocycles. The van der Waals surface area contributed by atoms with Gasteiger partial charge in [0.2, 0.25) is 0 Å². The van der Waals surface area contributed by atoms with E-state index in [1.165, 1.54) is 18.1 Å². The number of aryl methyl sites for hydroxylation is 1. The summed E-state index contributed by atoms with van der Waals surface area (Å²) in [6.07, 6.45) is 0. The molecule has 0 saturated carbocycles. The summed E-state index contributed by atoms with van der Waals surface area (Å²) in [7, 11) is 1.18. The molecule has 1 aliphatic rings. The number of esters is 1. The number of rotatable bonds is 6. The number of anilines is 1. The fourth-order valence-corrected chi connectivity index (χ4v) is 2.76. The van der Waals surface area contributed by atoms with E-state index < -0.39 is 17.8 Å². The van der Waals surface area contributed by atoms with Gasteiger partial charge in [-0.15, -0.1) is 0 Å². The van der Waals surface area contributed by atoms with E-state index in [2.05, 4.69) is 10.1 Å². The van der Waals surface area contributed by atoms with Crippen molar-refractivity contribution in [1.82, 2.24) is 4.90 Å². The highest BCUT2D eigenvalue weighted by Gasteiger charge is 2.35. The number of methoxy groups -OCH3 is 1. The third kappa shape index (κ3) is 3.59. The maximum Gasteiger partial charge on any atom is 0.339 e. The maximum atomic E-state index is 12.5. The number of β-amino-alcohol motifs (C(OH)–C–C–N with tert-alkyl or cyclic N) is 1. The summed E-state index contributed by atoms with van der Waals surface area (Å²) < 4.78 is 4.69. The lowest BCUT2D eigenvalue weighted by Crippen LogP contribution is -2.31. The topological polar surface area (TPSA) is 116 Å². The minimum Gasteiger partial charge on any atom is -0.478 e. The number of carboxylic acid groups (broad SMARTS) is 1. The van der Waals surface area contributed by atoms with Crippen molar-refractivity contribution in [1.29, 1.82) is 0 Å². The lowest BCUT2D eigenvalue weighted by molar-refractivity contribution is -0.136. The molecule has 0 unspecified atom stereocenters. The molecule has 0 saturated heterocycles. The molecule has 8 nitrogen and oxygen atoms in total. The van der Waals surface area contributed by atoms with Gasteiger partial charge in [0.15, 0.2) is 0 Å². The second-order valence-electron chi connectivity index (χ2n) is 5.34. The maximum absolute atomic E-state index is 12.5. The molecule has 0 bridgehead atoms. The van der Waals surface area contributed by atoms with Crippen LogP contribution < -0.4 is 5.32 Å². The first-order valence-electron chi connectivity index (χ1n) is 7.32. The number of benzene rings is 1. The quantitative estimate of drug-likeness (QED) is 0.642. The molecule has 0 radical (unpaired) electrons. The molecule has 1 aromatic rings. The van der Waals surface area contributed by atoms with Gasteiger partial charge in [-0.25, -0.2) is 9.59 Å². The van der Waals surface area contributed by atoms with Gasteiger partial charge in [0.25, 0.3) is 5.91 Å². The van der Waals surface area contributed by atoms with Crippen LogP contribution in [0.2, 0.25) is 5.02 Å². The number of carbonyl (C=O) groups excluding carboxylic acids is 2. The van der Waals surface area contributed by atoms with Crippen molar-refractivity contribution in [2.75, 3.05) is 32.1 Å². The van der Waals surface area contributed by atoms with E-state index in [4.69, 9.17) is 16.7 Å². The summed E-state index contributed by atoms with van der Waals surface area (Å²) >= 11 is 5.97. The number of hydrogen-bond acceptors (Lipinski definition) is 6. The lowest BCUT2D eigenvalue weighted by atomic mass is 10.1. The zero-order valence-electron chi connectivity index (χ0n) is 13.6. The summed E-state index contributed by atoms with van der Waals surface area (Å²) in [5.41, 5.74) is 0.416. The van der Waals surface area contributed by atoms with Gasteiger partial charge in [0.05, 0.1) is 36.5 Å². The molecule has 134 valence electrons. The third-order valence-corrected chi connectivity index (χ3v) is 4.10. The Kier molecular flexibility index (Phi) is 5.66. The Balaban J connectivity index is 2.53. The minimum absolute atomic E-state index is 0.00141. The van der Waals surface area contributed by atoms with E-state index in [0.717, 1.165) is 0 Å². The number of hydrogen-bond donors (Lipinski definition) is 3. The predicted octanol–water partition coefficient (Wildman–Crippen LogP) is 1.02. The number of carbonyl (C=O) groups is 3. The fourth-order valence-electron chi connectivity index (χ4n) is 2.53. The highest BCUT2D eigenvalue weighted by molar-refractivity contribution is 6.34. The molecular weight excluding hydrogens is 352 g/mol. The van der Waals surface area contributed by atoms with Crippen molar-refractivity contribution < 1.29 is 29.3 Å². The van der Waals surface area contributed by atoms with Gasteiger partial charge >= 0.3 is 11.9 Å². The highest BCUT2D eigenvalue weighted by atomic mass is 35.5. The van der Waals surface area contributed by atoms with E-state index in [1.54, 1.807) is 13.0 Å². The molecule has 1 aromatic carbocycles. The van der Waals surface area contributed by atoms with Crippen LogP contribution in [0.25, 0.3) is 0 Å². The van der Waals surface area contributed by atoms with Crippen molar-refractivity contribution >= 4 is 35.1 Å². The fraction of sp³-hybridized carbons (Fsp3) is 0.312. The molecule has 0 spiro atoms. The van der Waals surface area contributed by atoms with Gasteiger partial charge in [-0.3, -0.25) is 4.79 Å². The Labute approximate surface area is 148 Å². The first-order valence-corrected chi connectivity index (χ1v) is 7.70. The largest absolute Gasteiger partial charge is 0.478 e. The van der Waals surface area contributed by atoms with Crippen molar-refractivity contribution in [3.63, 3.8) is 0 Å². The van der Waals surface area contributed by atoms with Crippen LogP contribution in [0.1, 0.15) is 15.9 Å². The number of aliphatic hydroxyl groups excluding tert-OH is 1. The zero-order valence-corrected chi connectivity index (χ0v) is 14.4. The average molecular weight is 369 g/mol. The molecule has 2 rings (SSSR count). The van der Waals surface area contributed by atoms with Crippen LogP contribution >= 0.6 is 11.6 Å². The van der Waals surface area contributed by atoms with Crippen molar-refractivity contribution in [2.24, 2.45) is 0 Å². The van der Waals surface area contributed by atoms with E-state index in [9.17, 15) is 19.5 Å². The number of ether oxygens (including phenoxy) is 1. The summed E-state index contributed by atoms with van der Waals surface area (Å²) in [6, 6.07) is 3.04. The van der Waals surface area contributed by atoms with Gasteiger partial charge in [-0.1, -0.05) is 17.7 Å². The van der Waals surface area contributed by atoms with Crippen LogP contribution in [-0.4, -0.2) is 59.8 Å². The van der Waals surface area contributed by atoms with Crippen molar-refractivity contribution in [3.05, 3.63) is 39.6 Å². The van der Waals surface area contributed by atoms with Crippen LogP contribution in [-0.2, 0) is 14.3 Å². The Morgan fingerprint density at radius 1 is 1.40 bits per heavy atom. The third-order valence-electron chi connectivity index (χ3n) is 3.78.